The van der Waals surface area contributed by atoms with Crippen LogP contribution in [-0.2, 0) is 9.47 Å². The van der Waals surface area contributed by atoms with Crippen LogP contribution in [0, 0.1) is 0 Å². The molecule has 0 aliphatic carbocycles. The van der Waals surface area contributed by atoms with E-state index in [9.17, 15) is 5.11 Å². The fraction of sp³-hybridized carbons (Fsp3) is 0.857. The predicted octanol–water partition coefficient (Wildman–Crippen LogP) is 0.458. The summed E-state index contributed by atoms with van der Waals surface area (Å²) in [6.45, 7) is 0.922. The van der Waals surface area contributed by atoms with Gasteiger partial charge in [0.1, 0.15) is 18.3 Å². The maximum atomic E-state index is 10.0. The van der Waals surface area contributed by atoms with E-state index >= 15 is 0 Å². The van der Waals surface area contributed by atoms with Crippen molar-refractivity contribution < 1.29 is 19.7 Å². The standard InChI is InChI=1S/C14H27NO4/c1-15-9-7-5-3-4-6-8-11-13(17)14(18-2)12(10-16)19-11/h4,6,11-17H,3,5,7-10H2,1-2H3/b6-4+. The summed E-state index contributed by atoms with van der Waals surface area (Å²) < 4.78 is 10.7. The minimum atomic E-state index is -0.670. The van der Waals surface area contributed by atoms with Crippen molar-refractivity contribution in [3.63, 3.8) is 0 Å². The highest BCUT2D eigenvalue weighted by Gasteiger charge is 2.42. The minimum absolute atomic E-state index is 0.125. The molecule has 4 unspecified atom stereocenters. The smallest absolute Gasteiger partial charge is 0.114 e. The highest BCUT2D eigenvalue weighted by Crippen LogP contribution is 2.25. The summed E-state index contributed by atoms with van der Waals surface area (Å²) in [4.78, 5) is 0. The SMILES string of the molecule is CNCCCC/C=C/CC1OC(CO)C(OC)C1O. The Bertz CT molecular complexity index is 260. The first kappa shape index (κ1) is 16.6. The van der Waals surface area contributed by atoms with Crippen LogP contribution in [0.15, 0.2) is 12.2 Å². The van der Waals surface area contributed by atoms with E-state index in [1.54, 1.807) is 0 Å². The quantitative estimate of drug-likeness (QED) is 0.420. The van der Waals surface area contributed by atoms with Crippen molar-refractivity contribution in [3.05, 3.63) is 12.2 Å². The molecule has 0 aromatic heterocycles. The molecule has 1 aliphatic rings. The van der Waals surface area contributed by atoms with Crippen molar-refractivity contribution in [2.75, 3.05) is 27.3 Å². The third kappa shape index (κ3) is 5.20. The van der Waals surface area contributed by atoms with Gasteiger partial charge in [-0.15, -0.1) is 0 Å². The first-order valence-corrected chi connectivity index (χ1v) is 7.01. The second-order valence-electron chi connectivity index (χ2n) is 4.89. The normalized spacial score (nSPS) is 31.4. The Morgan fingerprint density at radius 2 is 2.05 bits per heavy atom. The van der Waals surface area contributed by atoms with Crippen LogP contribution < -0.4 is 5.32 Å². The number of ether oxygens (including phenoxy) is 2. The van der Waals surface area contributed by atoms with Gasteiger partial charge >= 0.3 is 0 Å². The van der Waals surface area contributed by atoms with E-state index in [4.69, 9.17) is 14.6 Å². The number of hydrogen-bond donors (Lipinski definition) is 3. The lowest BCUT2D eigenvalue weighted by Gasteiger charge is -2.16. The van der Waals surface area contributed by atoms with Gasteiger partial charge in [0.05, 0.1) is 12.7 Å². The van der Waals surface area contributed by atoms with E-state index in [0.29, 0.717) is 6.42 Å². The molecule has 4 atom stereocenters. The second kappa shape index (κ2) is 9.44. The molecule has 1 saturated heterocycles. The van der Waals surface area contributed by atoms with Gasteiger partial charge in [0.25, 0.3) is 0 Å². The number of methoxy groups -OCH3 is 1. The third-order valence-corrected chi connectivity index (χ3v) is 3.47. The number of allylic oxidation sites excluding steroid dienone is 1. The highest BCUT2D eigenvalue weighted by molar-refractivity contribution is 4.96. The molecular weight excluding hydrogens is 246 g/mol. The number of hydrogen-bond acceptors (Lipinski definition) is 5. The molecule has 1 fully saturated rings. The average molecular weight is 273 g/mol. The van der Waals surface area contributed by atoms with Crippen LogP contribution in [0.5, 0.6) is 0 Å². The van der Waals surface area contributed by atoms with Crippen LogP contribution in [0.4, 0.5) is 0 Å². The van der Waals surface area contributed by atoms with Gasteiger partial charge in [-0.1, -0.05) is 12.2 Å². The topological polar surface area (TPSA) is 71.0 Å². The lowest BCUT2D eigenvalue weighted by Crippen LogP contribution is -2.35. The number of aliphatic hydroxyl groups is 2. The Hall–Kier alpha value is -0.460. The van der Waals surface area contributed by atoms with Gasteiger partial charge < -0.3 is 25.0 Å². The first-order chi connectivity index (χ1) is 9.24. The zero-order chi connectivity index (χ0) is 14.1. The van der Waals surface area contributed by atoms with Gasteiger partial charge in [-0.25, -0.2) is 0 Å². The highest BCUT2D eigenvalue weighted by atomic mass is 16.6. The number of rotatable bonds is 9. The van der Waals surface area contributed by atoms with Gasteiger partial charge in [-0.05, 0) is 39.3 Å². The Morgan fingerprint density at radius 1 is 1.26 bits per heavy atom. The van der Waals surface area contributed by atoms with E-state index < -0.39 is 18.3 Å². The van der Waals surface area contributed by atoms with E-state index in [1.807, 2.05) is 13.1 Å². The monoisotopic (exact) mass is 273 g/mol. The number of unbranched alkanes of at least 4 members (excludes halogenated alkanes) is 2. The first-order valence-electron chi connectivity index (χ1n) is 7.01. The molecule has 3 N–H and O–H groups in total. The van der Waals surface area contributed by atoms with E-state index in [0.717, 1.165) is 19.4 Å². The van der Waals surface area contributed by atoms with E-state index in [1.165, 1.54) is 13.5 Å². The minimum Gasteiger partial charge on any atom is -0.394 e. The molecule has 0 radical (unpaired) electrons. The lowest BCUT2D eigenvalue weighted by molar-refractivity contribution is -0.0356. The van der Waals surface area contributed by atoms with Crippen LogP contribution in [0.2, 0.25) is 0 Å². The van der Waals surface area contributed by atoms with Crippen molar-refractivity contribution in [2.45, 2.75) is 50.1 Å². The Kier molecular flexibility index (Phi) is 8.25. The second-order valence-corrected chi connectivity index (χ2v) is 4.89. The third-order valence-electron chi connectivity index (χ3n) is 3.47. The Labute approximate surface area is 115 Å². The molecule has 0 aromatic rings. The van der Waals surface area contributed by atoms with Crippen LogP contribution in [-0.4, -0.2) is 61.9 Å². The molecular formula is C14H27NO4. The van der Waals surface area contributed by atoms with Crippen LogP contribution in [0.25, 0.3) is 0 Å². The summed E-state index contributed by atoms with van der Waals surface area (Å²) >= 11 is 0. The molecule has 0 saturated carbocycles. The molecule has 0 aromatic carbocycles. The molecule has 0 amide bonds. The molecule has 1 aliphatic heterocycles. The van der Waals surface area contributed by atoms with Crippen LogP contribution in [0.1, 0.15) is 25.7 Å². The van der Waals surface area contributed by atoms with E-state index in [-0.39, 0.29) is 12.7 Å². The maximum absolute atomic E-state index is 10.0. The van der Waals surface area contributed by atoms with Gasteiger partial charge in [-0.3, -0.25) is 0 Å². The van der Waals surface area contributed by atoms with Gasteiger partial charge in [0.15, 0.2) is 0 Å². The fourth-order valence-electron chi connectivity index (χ4n) is 2.36. The molecule has 0 spiro atoms. The maximum Gasteiger partial charge on any atom is 0.114 e. The van der Waals surface area contributed by atoms with Gasteiger partial charge in [0.2, 0.25) is 0 Å². The molecule has 0 bridgehead atoms. The summed E-state index contributed by atoms with van der Waals surface area (Å²) in [5, 5.41) is 22.3. The lowest BCUT2D eigenvalue weighted by atomic mass is 10.1. The number of aliphatic hydroxyl groups excluding tert-OH is 2. The van der Waals surface area contributed by atoms with Crippen molar-refractivity contribution in [1.82, 2.24) is 5.32 Å². The summed E-state index contributed by atoms with van der Waals surface area (Å²) in [6.07, 6.45) is 6.39. The summed E-state index contributed by atoms with van der Waals surface area (Å²) in [5.41, 5.74) is 0. The van der Waals surface area contributed by atoms with Crippen molar-refractivity contribution >= 4 is 0 Å². The van der Waals surface area contributed by atoms with Crippen LogP contribution in [0.3, 0.4) is 0 Å². The van der Waals surface area contributed by atoms with Crippen molar-refractivity contribution in [1.29, 1.82) is 0 Å². The molecule has 5 heteroatoms. The molecule has 19 heavy (non-hydrogen) atoms. The summed E-state index contributed by atoms with van der Waals surface area (Å²) in [6, 6.07) is 0. The molecule has 1 rings (SSSR count). The zero-order valence-corrected chi connectivity index (χ0v) is 11.9. The number of nitrogens with one attached hydrogen (secondary N) is 1. The molecule has 1 heterocycles. The Morgan fingerprint density at radius 3 is 2.63 bits per heavy atom. The van der Waals surface area contributed by atoms with Crippen molar-refractivity contribution in [2.24, 2.45) is 0 Å². The van der Waals surface area contributed by atoms with Crippen LogP contribution >= 0.6 is 0 Å². The van der Waals surface area contributed by atoms with Gasteiger partial charge in [-0.2, -0.15) is 0 Å². The fourth-order valence-corrected chi connectivity index (χ4v) is 2.36. The Balaban J connectivity index is 2.24. The largest absolute Gasteiger partial charge is 0.394 e. The van der Waals surface area contributed by atoms with Crippen molar-refractivity contribution in [3.8, 4) is 0 Å². The van der Waals surface area contributed by atoms with E-state index in [2.05, 4.69) is 11.4 Å². The summed E-state index contributed by atoms with van der Waals surface area (Å²) in [5.74, 6) is 0. The zero-order valence-electron chi connectivity index (χ0n) is 11.9. The predicted molar refractivity (Wildman–Crippen MR) is 74.1 cm³/mol. The summed E-state index contributed by atoms with van der Waals surface area (Å²) in [7, 11) is 3.48. The van der Waals surface area contributed by atoms with Gasteiger partial charge in [0, 0.05) is 7.11 Å². The molecule has 112 valence electrons. The molecule has 5 nitrogen and oxygen atoms in total. The average Bonchev–Trinajstić information content (AvgIpc) is 2.73.